The summed E-state index contributed by atoms with van der Waals surface area (Å²) >= 11 is 0. The quantitative estimate of drug-likeness (QED) is 0.786. The molecule has 0 aliphatic rings. The van der Waals surface area contributed by atoms with E-state index >= 15 is 0 Å². The van der Waals surface area contributed by atoms with Gasteiger partial charge in [-0.1, -0.05) is 24.3 Å². The summed E-state index contributed by atoms with van der Waals surface area (Å²) in [4.78, 5) is 11.3. The molecule has 0 aromatic heterocycles. The first-order chi connectivity index (χ1) is 9.19. The molecule has 0 atom stereocenters. The first kappa shape index (κ1) is 13.3. The summed E-state index contributed by atoms with van der Waals surface area (Å²) in [6, 6.07) is 13.9. The number of benzene rings is 2. The summed E-state index contributed by atoms with van der Waals surface area (Å²) in [6.45, 7) is 0. The fourth-order valence-electron chi connectivity index (χ4n) is 1.87. The predicted octanol–water partition coefficient (Wildman–Crippen LogP) is 3.40. The molecule has 3 heteroatoms. The Kier molecular flexibility index (Phi) is 4.29. The maximum Gasteiger partial charge on any atom is 0.337 e. The van der Waals surface area contributed by atoms with Gasteiger partial charge in [0.15, 0.2) is 0 Å². The van der Waals surface area contributed by atoms with E-state index in [1.807, 2.05) is 12.1 Å². The van der Waals surface area contributed by atoms with Crippen LogP contribution in [0, 0.1) is 5.82 Å². The lowest BCUT2D eigenvalue weighted by molar-refractivity contribution is 0.0600. The van der Waals surface area contributed by atoms with Crippen molar-refractivity contribution < 1.29 is 13.9 Å². The molecule has 0 saturated heterocycles. The third-order valence-electron chi connectivity index (χ3n) is 2.99. The Bertz CT molecular complexity index is 544. The highest BCUT2D eigenvalue weighted by atomic mass is 19.1. The molecule has 0 unspecified atom stereocenters. The Balaban J connectivity index is 1.96. The van der Waals surface area contributed by atoms with Gasteiger partial charge in [0, 0.05) is 0 Å². The highest BCUT2D eigenvalue weighted by Gasteiger charge is 2.04. The Morgan fingerprint density at radius 1 is 0.947 bits per heavy atom. The molecule has 0 heterocycles. The van der Waals surface area contributed by atoms with E-state index in [0.717, 1.165) is 24.0 Å². The first-order valence-electron chi connectivity index (χ1n) is 6.11. The van der Waals surface area contributed by atoms with E-state index in [1.165, 1.54) is 19.2 Å². The molecule has 0 aliphatic carbocycles. The van der Waals surface area contributed by atoms with Crippen molar-refractivity contribution in [3.63, 3.8) is 0 Å². The molecule has 0 amide bonds. The molecule has 0 aliphatic heterocycles. The molecule has 2 rings (SSSR count). The first-order valence-corrected chi connectivity index (χ1v) is 6.11. The van der Waals surface area contributed by atoms with Crippen molar-refractivity contribution >= 4 is 5.97 Å². The Labute approximate surface area is 111 Å². The average Bonchev–Trinajstić information content (AvgIpc) is 2.46. The van der Waals surface area contributed by atoms with Gasteiger partial charge in [0.1, 0.15) is 5.82 Å². The van der Waals surface area contributed by atoms with E-state index in [4.69, 9.17) is 0 Å². The van der Waals surface area contributed by atoms with Gasteiger partial charge in [0.2, 0.25) is 0 Å². The molecule has 0 fully saturated rings. The van der Waals surface area contributed by atoms with Gasteiger partial charge in [0.05, 0.1) is 12.7 Å². The normalized spacial score (nSPS) is 10.2. The molecule has 2 nitrogen and oxygen atoms in total. The number of aryl methyl sites for hydroxylation is 2. The molecule has 0 saturated carbocycles. The van der Waals surface area contributed by atoms with E-state index in [9.17, 15) is 9.18 Å². The zero-order chi connectivity index (χ0) is 13.7. The monoisotopic (exact) mass is 258 g/mol. The zero-order valence-electron chi connectivity index (χ0n) is 10.7. The third-order valence-corrected chi connectivity index (χ3v) is 2.99. The second kappa shape index (κ2) is 6.14. The third kappa shape index (κ3) is 3.65. The summed E-state index contributed by atoms with van der Waals surface area (Å²) in [6.07, 6.45) is 1.70. The van der Waals surface area contributed by atoms with E-state index < -0.39 is 0 Å². The fourth-order valence-corrected chi connectivity index (χ4v) is 1.87. The molecule has 2 aromatic carbocycles. The lowest BCUT2D eigenvalue weighted by Gasteiger charge is -2.04. The van der Waals surface area contributed by atoms with Gasteiger partial charge >= 0.3 is 5.97 Å². The van der Waals surface area contributed by atoms with Crippen molar-refractivity contribution in [1.82, 2.24) is 0 Å². The SMILES string of the molecule is COC(=O)c1ccc(CCc2ccc(F)cc2)cc1. The molecule has 0 radical (unpaired) electrons. The summed E-state index contributed by atoms with van der Waals surface area (Å²) in [5.41, 5.74) is 2.78. The predicted molar refractivity (Wildman–Crippen MR) is 71.6 cm³/mol. The van der Waals surface area contributed by atoms with Crippen molar-refractivity contribution in [2.75, 3.05) is 7.11 Å². The van der Waals surface area contributed by atoms with Gasteiger partial charge < -0.3 is 4.74 Å². The van der Waals surface area contributed by atoms with E-state index in [1.54, 1.807) is 24.3 Å². The van der Waals surface area contributed by atoms with Crippen molar-refractivity contribution in [3.8, 4) is 0 Å². The summed E-state index contributed by atoms with van der Waals surface area (Å²) in [5, 5.41) is 0. The minimum atomic E-state index is -0.329. The van der Waals surface area contributed by atoms with Gasteiger partial charge in [-0.25, -0.2) is 9.18 Å². The number of rotatable bonds is 4. The minimum absolute atomic E-state index is 0.216. The van der Waals surface area contributed by atoms with Crippen LogP contribution in [0.3, 0.4) is 0 Å². The second-order valence-corrected chi connectivity index (χ2v) is 4.31. The van der Waals surface area contributed by atoms with Crippen molar-refractivity contribution in [2.24, 2.45) is 0 Å². The zero-order valence-corrected chi connectivity index (χ0v) is 10.7. The summed E-state index contributed by atoms with van der Waals surface area (Å²) in [7, 11) is 1.37. The van der Waals surface area contributed by atoms with Crippen LogP contribution >= 0.6 is 0 Å². The highest BCUT2D eigenvalue weighted by Crippen LogP contribution is 2.10. The van der Waals surface area contributed by atoms with Crippen molar-refractivity contribution in [1.29, 1.82) is 0 Å². The van der Waals surface area contributed by atoms with Crippen LogP contribution in [0.4, 0.5) is 4.39 Å². The molecular weight excluding hydrogens is 243 g/mol. The van der Waals surface area contributed by atoms with Crippen LogP contribution < -0.4 is 0 Å². The Morgan fingerprint density at radius 2 is 1.42 bits per heavy atom. The molecule has 0 bridgehead atoms. The van der Waals surface area contributed by atoms with Crippen LogP contribution in [0.5, 0.6) is 0 Å². The van der Waals surface area contributed by atoms with Crippen LogP contribution in [-0.2, 0) is 17.6 Å². The van der Waals surface area contributed by atoms with Crippen molar-refractivity contribution in [2.45, 2.75) is 12.8 Å². The smallest absolute Gasteiger partial charge is 0.337 e. The van der Waals surface area contributed by atoms with Crippen LogP contribution in [0.2, 0.25) is 0 Å². The molecule has 19 heavy (non-hydrogen) atoms. The number of hydrogen-bond acceptors (Lipinski definition) is 2. The largest absolute Gasteiger partial charge is 0.465 e. The van der Waals surface area contributed by atoms with Crippen LogP contribution in [0.1, 0.15) is 21.5 Å². The van der Waals surface area contributed by atoms with Crippen molar-refractivity contribution in [3.05, 3.63) is 71.0 Å². The van der Waals surface area contributed by atoms with Gasteiger partial charge in [-0.3, -0.25) is 0 Å². The standard InChI is InChI=1S/C16H15FO2/c1-19-16(18)14-8-4-12(5-9-14)2-3-13-6-10-15(17)11-7-13/h4-11H,2-3H2,1H3. The van der Waals surface area contributed by atoms with E-state index in [-0.39, 0.29) is 11.8 Å². The second-order valence-electron chi connectivity index (χ2n) is 4.31. The van der Waals surface area contributed by atoms with Gasteiger partial charge in [-0.15, -0.1) is 0 Å². The molecular formula is C16H15FO2. The average molecular weight is 258 g/mol. The van der Waals surface area contributed by atoms with Crippen LogP contribution in [-0.4, -0.2) is 13.1 Å². The lowest BCUT2D eigenvalue weighted by atomic mass is 10.0. The number of methoxy groups -OCH3 is 1. The number of ether oxygens (including phenoxy) is 1. The maximum absolute atomic E-state index is 12.8. The molecule has 98 valence electrons. The topological polar surface area (TPSA) is 26.3 Å². The Morgan fingerprint density at radius 3 is 1.89 bits per heavy atom. The Hall–Kier alpha value is -2.16. The number of esters is 1. The van der Waals surface area contributed by atoms with Gasteiger partial charge in [0.25, 0.3) is 0 Å². The van der Waals surface area contributed by atoms with Crippen LogP contribution in [0.25, 0.3) is 0 Å². The van der Waals surface area contributed by atoms with E-state index in [2.05, 4.69) is 4.74 Å². The number of carbonyl (C=O) groups excluding carboxylic acids is 1. The van der Waals surface area contributed by atoms with Crippen LogP contribution in [0.15, 0.2) is 48.5 Å². The number of carbonyl (C=O) groups is 1. The molecule has 2 aromatic rings. The number of halogens is 1. The van der Waals surface area contributed by atoms with Gasteiger partial charge in [-0.05, 0) is 48.2 Å². The maximum atomic E-state index is 12.8. The lowest BCUT2D eigenvalue weighted by Crippen LogP contribution is -2.01. The number of hydrogen-bond donors (Lipinski definition) is 0. The van der Waals surface area contributed by atoms with E-state index in [0.29, 0.717) is 5.56 Å². The molecule has 0 spiro atoms. The fraction of sp³-hybridized carbons (Fsp3) is 0.188. The highest BCUT2D eigenvalue weighted by molar-refractivity contribution is 5.89. The minimum Gasteiger partial charge on any atom is -0.465 e. The molecule has 0 N–H and O–H groups in total. The van der Waals surface area contributed by atoms with Gasteiger partial charge in [-0.2, -0.15) is 0 Å². The summed E-state index contributed by atoms with van der Waals surface area (Å²) < 4.78 is 17.4. The summed E-state index contributed by atoms with van der Waals surface area (Å²) in [5.74, 6) is -0.545.